The van der Waals surface area contributed by atoms with E-state index in [9.17, 15) is 4.79 Å². The van der Waals surface area contributed by atoms with E-state index < -0.39 is 0 Å². The van der Waals surface area contributed by atoms with Crippen molar-refractivity contribution in [2.75, 3.05) is 26.3 Å². The molecule has 1 aliphatic rings. The van der Waals surface area contributed by atoms with E-state index in [1.165, 1.54) is 0 Å². The van der Waals surface area contributed by atoms with Crippen molar-refractivity contribution in [2.45, 2.75) is 12.5 Å². The Morgan fingerprint density at radius 1 is 1.47 bits per heavy atom. The van der Waals surface area contributed by atoms with Crippen molar-refractivity contribution in [3.63, 3.8) is 0 Å². The minimum absolute atomic E-state index is 0.0784. The molecule has 1 rings (SSSR count). The summed E-state index contributed by atoms with van der Waals surface area (Å²) in [4.78, 5) is 13.4. The first-order valence-corrected chi connectivity index (χ1v) is 5.13. The third-order valence-electron chi connectivity index (χ3n) is 2.24. The molecule has 0 aromatic carbocycles. The van der Waals surface area contributed by atoms with E-state index in [-0.39, 0.29) is 12.1 Å². The van der Waals surface area contributed by atoms with E-state index in [1.807, 2.05) is 0 Å². The lowest BCUT2D eigenvalue weighted by Gasteiger charge is -2.21. The number of hydrogen-bond donors (Lipinski definition) is 1. The standard InChI is InChI=1S/C11H18N2O2/c1-3-6-13(7-4-2)11(14)12-10-5-8-15-9-10/h3-4,10H,1-2,5-9H2,(H,12,14). The van der Waals surface area contributed by atoms with Crippen molar-refractivity contribution in [1.29, 1.82) is 0 Å². The van der Waals surface area contributed by atoms with E-state index in [0.717, 1.165) is 13.0 Å². The zero-order valence-corrected chi connectivity index (χ0v) is 8.95. The van der Waals surface area contributed by atoms with Gasteiger partial charge in [-0.05, 0) is 6.42 Å². The van der Waals surface area contributed by atoms with Gasteiger partial charge in [0.2, 0.25) is 0 Å². The first kappa shape index (κ1) is 11.8. The summed E-state index contributed by atoms with van der Waals surface area (Å²) in [5.41, 5.74) is 0. The highest BCUT2D eigenvalue weighted by molar-refractivity contribution is 5.74. The van der Waals surface area contributed by atoms with Gasteiger partial charge in [-0.2, -0.15) is 0 Å². The Balaban J connectivity index is 2.39. The summed E-state index contributed by atoms with van der Waals surface area (Å²) >= 11 is 0. The lowest BCUT2D eigenvalue weighted by molar-refractivity contribution is 0.182. The van der Waals surface area contributed by atoms with Crippen LogP contribution in [0.1, 0.15) is 6.42 Å². The second kappa shape index (κ2) is 6.24. The molecule has 84 valence electrons. The average molecular weight is 210 g/mol. The monoisotopic (exact) mass is 210 g/mol. The molecule has 1 heterocycles. The molecule has 1 aliphatic heterocycles. The predicted molar refractivity (Wildman–Crippen MR) is 59.7 cm³/mol. The van der Waals surface area contributed by atoms with Gasteiger partial charge < -0.3 is 15.0 Å². The van der Waals surface area contributed by atoms with Crippen molar-refractivity contribution < 1.29 is 9.53 Å². The number of rotatable bonds is 5. The highest BCUT2D eigenvalue weighted by atomic mass is 16.5. The molecule has 0 aromatic rings. The van der Waals surface area contributed by atoms with Gasteiger partial charge in [-0.25, -0.2) is 4.79 Å². The molecule has 15 heavy (non-hydrogen) atoms. The summed E-state index contributed by atoms with van der Waals surface area (Å²) in [5.74, 6) is 0. The quantitative estimate of drug-likeness (QED) is 0.692. The van der Waals surface area contributed by atoms with Crippen LogP contribution >= 0.6 is 0 Å². The van der Waals surface area contributed by atoms with Gasteiger partial charge in [0.25, 0.3) is 0 Å². The van der Waals surface area contributed by atoms with Gasteiger partial charge in [-0.3, -0.25) is 0 Å². The molecule has 0 aromatic heterocycles. The Bertz CT molecular complexity index is 225. The van der Waals surface area contributed by atoms with Crippen molar-refractivity contribution >= 4 is 6.03 Å². The van der Waals surface area contributed by atoms with Crippen LogP contribution in [0.25, 0.3) is 0 Å². The zero-order valence-electron chi connectivity index (χ0n) is 8.95. The van der Waals surface area contributed by atoms with Crippen LogP contribution in [-0.2, 0) is 4.74 Å². The maximum Gasteiger partial charge on any atom is 0.318 e. The molecular weight excluding hydrogens is 192 g/mol. The third-order valence-corrected chi connectivity index (χ3v) is 2.24. The molecule has 4 nitrogen and oxygen atoms in total. The topological polar surface area (TPSA) is 41.6 Å². The van der Waals surface area contributed by atoms with E-state index in [0.29, 0.717) is 19.7 Å². The predicted octanol–water partition coefficient (Wildman–Crippen LogP) is 1.16. The second-order valence-electron chi connectivity index (χ2n) is 3.49. The molecular formula is C11H18N2O2. The molecule has 0 spiro atoms. The number of hydrogen-bond acceptors (Lipinski definition) is 2. The SMILES string of the molecule is C=CCN(CC=C)C(=O)NC1CCOC1. The minimum atomic E-state index is -0.0784. The summed E-state index contributed by atoms with van der Waals surface area (Å²) in [5, 5.41) is 2.92. The number of amides is 2. The minimum Gasteiger partial charge on any atom is -0.379 e. The average Bonchev–Trinajstić information content (AvgIpc) is 2.70. The van der Waals surface area contributed by atoms with E-state index >= 15 is 0 Å². The number of nitrogens with one attached hydrogen (secondary N) is 1. The van der Waals surface area contributed by atoms with Gasteiger partial charge in [0.1, 0.15) is 0 Å². The van der Waals surface area contributed by atoms with Crippen LogP contribution in [0.2, 0.25) is 0 Å². The first-order valence-electron chi connectivity index (χ1n) is 5.13. The van der Waals surface area contributed by atoms with Gasteiger partial charge in [0.05, 0.1) is 12.6 Å². The fourth-order valence-electron chi connectivity index (χ4n) is 1.47. The molecule has 2 amide bonds. The summed E-state index contributed by atoms with van der Waals surface area (Å²) in [6.45, 7) is 9.64. The highest BCUT2D eigenvalue weighted by Crippen LogP contribution is 2.04. The molecule has 0 saturated carbocycles. The van der Waals surface area contributed by atoms with E-state index in [1.54, 1.807) is 17.1 Å². The number of ether oxygens (including phenoxy) is 1. The molecule has 1 fully saturated rings. The van der Waals surface area contributed by atoms with Crippen LogP contribution in [-0.4, -0.2) is 43.3 Å². The maximum atomic E-state index is 11.7. The summed E-state index contributed by atoms with van der Waals surface area (Å²) < 4.78 is 5.18. The van der Waals surface area contributed by atoms with Gasteiger partial charge in [-0.1, -0.05) is 12.2 Å². The largest absolute Gasteiger partial charge is 0.379 e. The van der Waals surface area contributed by atoms with Crippen molar-refractivity contribution in [3.8, 4) is 0 Å². The highest BCUT2D eigenvalue weighted by Gasteiger charge is 2.20. The molecule has 1 saturated heterocycles. The molecule has 0 radical (unpaired) electrons. The molecule has 1 atom stereocenters. The van der Waals surface area contributed by atoms with Crippen molar-refractivity contribution in [2.24, 2.45) is 0 Å². The smallest absolute Gasteiger partial charge is 0.318 e. The van der Waals surface area contributed by atoms with Gasteiger partial charge in [0, 0.05) is 19.7 Å². The summed E-state index contributed by atoms with van der Waals surface area (Å²) in [6, 6.07) is 0.0694. The van der Waals surface area contributed by atoms with Crippen LogP contribution in [0.3, 0.4) is 0 Å². The van der Waals surface area contributed by atoms with Crippen molar-refractivity contribution in [1.82, 2.24) is 10.2 Å². The molecule has 1 N–H and O–H groups in total. The van der Waals surface area contributed by atoms with Crippen LogP contribution in [0.5, 0.6) is 0 Å². The fraction of sp³-hybridized carbons (Fsp3) is 0.545. The first-order chi connectivity index (χ1) is 7.27. The third kappa shape index (κ3) is 3.75. The maximum absolute atomic E-state index is 11.7. The summed E-state index contributed by atoms with van der Waals surface area (Å²) in [6.07, 6.45) is 4.30. The number of carbonyl (C=O) groups is 1. The Hall–Kier alpha value is -1.29. The second-order valence-corrected chi connectivity index (χ2v) is 3.49. The Morgan fingerprint density at radius 3 is 2.60 bits per heavy atom. The van der Waals surface area contributed by atoms with E-state index in [4.69, 9.17) is 4.74 Å². The van der Waals surface area contributed by atoms with Crippen molar-refractivity contribution in [3.05, 3.63) is 25.3 Å². The number of urea groups is 1. The Labute approximate surface area is 90.6 Å². The Kier molecular flexibility index (Phi) is 4.90. The number of nitrogens with zero attached hydrogens (tertiary/aromatic N) is 1. The fourth-order valence-corrected chi connectivity index (χ4v) is 1.47. The zero-order chi connectivity index (χ0) is 11.1. The van der Waals surface area contributed by atoms with Crippen LogP contribution in [0.15, 0.2) is 25.3 Å². The lowest BCUT2D eigenvalue weighted by atomic mass is 10.3. The summed E-state index contributed by atoms with van der Waals surface area (Å²) in [7, 11) is 0. The molecule has 0 aliphatic carbocycles. The molecule has 4 heteroatoms. The lowest BCUT2D eigenvalue weighted by Crippen LogP contribution is -2.45. The van der Waals surface area contributed by atoms with Crippen LogP contribution < -0.4 is 5.32 Å². The van der Waals surface area contributed by atoms with E-state index in [2.05, 4.69) is 18.5 Å². The normalized spacial score (nSPS) is 19.6. The van der Waals surface area contributed by atoms with Crippen LogP contribution in [0.4, 0.5) is 4.79 Å². The molecule has 0 bridgehead atoms. The molecule has 1 unspecified atom stereocenters. The van der Waals surface area contributed by atoms with Gasteiger partial charge in [0.15, 0.2) is 0 Å². The van der Waals surface area contributed by atoms with Crippen LogP contribution in [0, 0.1) is 0 Å². The van der Waals surface area contributed by atoms with Gasteiger partial charge >= 0.3 is 6.03 Å². The Morgan fingerprint density at radius 2 is 2.13 bits per heavy atom. The number of carbonyl (C=O) groups excluding carboxylic acids is 1. The van der Waals surface area contributed by atoms with Gasteiger partial charge in [-0.15, -0.1) is 13.2 Å².